The third-order valence-corrected chi connectivity index (χ3v) is 5.95. The van der Waals surface area contributed by atoms with Crippen molar-refractivity contribution in [3.05, 3.63) is 41.4 Å². The third-order valence-electron chi connectivity index (χ3n) is 4.20. The number of carbonyl (C=O) groups is 2. The van der Waals surface area contributed by atoms with Crippen LogP contribution in [0.15, 0.2) is 41.3 Å². The summed E-state index contributed by atoms with van der Waals surface area (Å²) in [6.07, 6.45) is 1.98. The molecule has 2 N–H and O–H groups in total. The summed E-state index contributed by atoms with van der Waals surface area (Å²) in [4.78, 5) is 23.9. The second kappa shape index (κ2) is 9.86. The molecule has 2 rings (SSSR count). The molecule has 0 saturated heterocycles. The number of amides is 1. The maximum atomic E-state index is 12.7. The van der Waals surface area contributed by atoms with E-state index in [4.69, 9.17) is 11.6 Å². The lowest BCUT2D eigenvalue weighted by atomic mass is 10.1. The highest BCUT2D eigenvalue weighted by molar-refractivity contribution is 7.89. The first kappa shape index (κ1) is 22.1. The summed E-state index contributed by atoms with van der Waals surface area (Å²) in [5.74, 6) is -1.19. The fraction of sp³-hybridized carbons (Fsp3) is 0.368. The SMILES string of the molecule is CCCCC(NC(=O)CNS(=O)(=O)c1cccc2cccc(Cl)c12)C(=O)OC. The van der Waals surface area contributed by atoms with Crippen molar-refractivity contribution < 1.29 is 22.7 Å². The number of rotatable bonds is 9. The van der Waals surface area contributed by atoms with E-state index >= 15 is 0 Å². The van der Waals surface area contributed by atoms with Gasteiger partial charge < -0.3 is 10.1 Å². The van der Waals surface area contributed by atoms with Crippen LogP contribution in [0.3, 0.4) is 0 Å². The van der Waals surface area contributed by atoms with Gasteiger partial charge in [-0.05, 0) is 23.9 Å². The number of unbranched alkanes of at least 4 members (excludes halogenated alkanes) is 1. The molecule has 0 aliphatic rings. The van der Waals surface area contributed by atoms with E-state index in [0.29, 0.717) is 22.2 Å². The topological polar surface area (TPSA) is 102 Å². The quantitative estimate of drug-likeness (QED) is 0.600. The van der Waals surface area contributed by atoms with Gasteiger partial charge in [-0.15, -0.1) is 0 Å². The fourth-order valence-corrected chi connectivity index (χ4v) is 4.34. The van der Waals surface area contributed by atoms with Crippen LogP contribution in [0.1, 0.15) is 26.2 Å². The van der Waals surface area contributed by atoms with Gasteiger partial charge in [-0.25, -0.2) is 17.9 Å². The molecule has 0 aliphatic carbocycles. The van der Waals surface area contributed by atoms with E-state index < -0.39 is 34.5 Å². The lowest BCUT2D eigenvalue weighted by molar-refractivity contribution is -0.145. The van der Waals surface area contributed by atoms with Crippen molar-refractivity contribution in [1.29, 1.82) is 0 Å². The van der Waals surface area contributed by atoms with Crippen molar-refractivity contribution in [1.82, 2.24) is 10.0 Å². The number of benzene rings is 2. The molecule has 7 nitrogen and oxygen atoms in total. The van der Waals surface area contributed by atoms with E-state index in [2.05, 4.69) is 14.8 Å². The Morgan fingerprint density at radius 3 is 2.50 bits per heavy atom. The van der Waals surface area contributed by atoms with E-state index in [1.165, 1.54) is 13.2 Å². The number of methoxy groups -OCH3 is 1. The Morgan fingerprint density at radius 1 is 1.18 bits per heavy atom. The molecular formula is C19H23ClN2O5S. The van der Waals surface area contributed by atoms with Crippen molar-refractivity contribution in [2.45, 2.75) is 37.1 Å². The Hall–Kier alpha value is -2.16. The maximum Gasteiger partial charge on any atom is 0.328 e. The van der Waals surface area contributed by atoms with Crippen LogP contribution in [0.25, 0.3) is 10.8 Å². The summed E-state index contributed by atoms with van der Waals surface area (Å²) in [6, 6.07) is 9.05. The highest BCUT2D eigenvalue weighted by Gasteiger charge is 2.23. The van der Waals surface area contributed by atoms with Gasteiger partial charge in [-0.3, -0.25) is 4.79 Å². The summed E-state index contributed by atoms with van der Waals surface area (Å²) in [5, 5.41) is 3.86. The fourth-order valence-electron chi connectivity index (χ4n) is 2.77. The van der Waals surface area contributed by atoms with Gasteiger partial charge in [0.05, 0.1) is 18.6 Å². The monoisotopic (exact) mass is 426 g/mol. The Labute approximate surface area is 169 Å². The molecule has 1 atom stereocenters. The number of halogens is 1. The highest BCUT2D eigenvalue weighted by Crippen LogP contribution is 2.29. The van der Waals surface area contributed by atoms with Crippen molar-refractivity contribution in [2.75, 3.05) is 13.7 Å². The lowest BCUT2D eigenvalue weighted by Crippen LogP contribution is -2.45. The number of hydrogen-bond acceptors (Lipinski definition) is 5. The second-order valence-corrected chi connectivity index (χ2v) is 8.35. The van der Waals surface area contributed by atoms with Crippen LogP contribution in [0.4, 0.5) is 0 Å². The molecule has 1 amide bonds. The molecule has 0 aliphatic heterocycles. The molecule has 28 heavy (non-hydrogen) atoms. The number of ether oxygens (including phenoxy) is 1. The molecule has 0 heterocycles. The number of hydrogen-bond donors (Lipinski definition) is 2. The van der Waals surface area contributed by atoms with Gasteiger partial charge in [0, 0.05) is 10.4 Å². The minimum absolute atomic E-state index is 0.0149. The molecule has 0 radical (unpaired) electrons. The number of esters is 1. The molecule has 0 fully saturated rings. The van der Waals surface area contributed by atoms with Crippen molar-refractivity contribution in [3.8, 4) is 0 Å². The van der Waals surface area contributed by atoms with E-state index in [1.54, 1.807) is 30.3 Å². The molecule has 0 spiro atoms. The van der Waals surface area contributed by atoms with Crippen LogP contribution < -0.4 is 10.0 Å². The standard InChI is InChI=1S/C19H23ClN2O5S/c1-3-4-10-15(19(24)27-2)22-17(23)12-21-28(25,26)16-11-6-8-13-7-5-9-14(20)18(13)16/h5-9,11,15,21H,3-4,10,12H2,1-2H3,(H,22,23). The molecule has 2 aromatic rings. The minimum atomic E-state index is -3.99. The molecule has 2 aromatic carbocycles. The largest absolute Gasteiger partial charge is 0.467 e. The molecule has 152 valence electrons. The summed E-state index contributed by atoms with van der Waals surface area (Å²) < 4.78 is 32.4. The summed E-state index contributed by atoms with van der Waals surface area (Å²) in [7, 11) is -2.76. The van der Waals surface area contributed by atoms with Gasteiger partial charge in [-0.1, -0.05) is 55.6 Å². The molecule has 1 unspecified atom stereocenters. The Morgan fingerprint density at radius 2 is 1.86 bits per heavy atom. The van der Waals surface area contributed by atoms with Gasteiger partial charge in [0.25, 0.3) is 0 Å². The van der Waals surface area contributed by atoms with E-state index in [9.17, 15) is 18.0 Å². The van der Waals surface area contributed by atoms with E-state index in [-0.39, 0.29) is 4.90 Å². The van der Waals surface area contributed by atoms with Crippen molar-refractivity contribution >= 4 is 44.3 Å². The number of carbonyl (C=O) groups excluding carboxylic acids is 2. The Kier molecular flexibility index (Phi) is 7.79. The average Bonchev–Trinajstić information content (AvgIpc) is 2.68. The minimum Gasteiger partial charge on any atom is -0.467 e. The van der Waals surface area contributed by atoms with Crippen LogP contribution in [-0.4, -0.2) is 40.0 Å². The van der Waals surface area contributed by atoms with Crippen LogP contribution in [0.5, 0.6) is 0 Å². The first-order valence-electron chi connectivity index (χ1n) is 8.84. The highest BCUT2D eigenvalue weighted by atomic mass is 35.5. The summed E-state index contributed by atoms with van der Waals surface area (Å²) in [5.41, 5.74) is 0. The van der Waals surface area contributed by atoms with Gasteiger partial charge in [0.15, 0.2) is 0 Å². The molecular weight excluding hydrogens is 404 g/mol. The second-order valence-electron chi connectivity index (χ2n) is 6.20. The summed E-state index contributed by atoms with van der Waals surface area (Å²) >= 11 is 6.18. The smallest absolute Gasteiger partial charge is 0.328 e. The van der Waals surface area contributed by atoms with Gasteiger partial charge in [0.1, 0.15) is 6.04 Å². The van der Waals surface area contributed by atoms with Gasteiger partial charge in [0.2, 0.25) is 15.9 Å². The van der Waals surface area contributed by atoms with Crippen LogP contribution in [0.2, 0.25) is 5.02 Å². The number of sulfonamides is 1. The predicted molar refractivity (Wildman–Crippen MR) is 108 cm³/mol. The van der Waals surface area contributed by atoms with Crippen molar-refractivity contribution in [3.63, 3.8) is 0 Å². The van der Waals surface area contributed by atoms with E-state index in [0.717, 1.165) is 12.8 Å². The first-order valence-corrected chi connectivity index (χ1v) is 10.7. The molecule has 0 saturated carbocycles. The predicted octanol–water partition coefficient (Wildman–Crippen LogP) is 2.62. The molecule has 0 aromatic heterocycles. The average molecular weight is 427 g/mol. The van der Waals surface area contributed by atoms with E-state index in [1.807, 2.05) is 6.92 Å². The molecule has 9 heteroatoms. The van der Waals surface area contributed by atoms with Crippen LogP contribution >= 0.6 is 11.6 Å². The molecule has 0 bridgehead atoms. The Bertz CT molecular complexity index is 957. The number of nitrogens with one attached hydrogen (secondary N) is 2. The first-order chi connectivity index (χ1) is 13.3. The van der Waals surface area contributed by atoms with Crippen molar-refractivity contribution in [2.24, 2.45) is 0 Å². The summed E-state index contributed by atoms with van der Waals surface area (Å²) in [6.45, 7) is 1.45. The third kappa shape index (κ3) is 5.43. The zero-order valence-corrected chi connectivity index (χ0v) is 17.3. The number of fused-ring (bicyclic) bond motifs is 1. The zero-order valence-electron chi connectivity index (χ0n) is 15.7. The zero-order chi connectivity index (χ0) is 20.7. The van der Waals surface area contributed by atoms with Crippen LogP contribution in [-0.2, 0) is 24.3 Å². The van der Waals surface area contributed by atoms with Gasteiger partial charge >= 0.3 is 5.97 Å². The Balaban J connectivity index is 2.13. The van der Waals surface area contributed by atoms with Gasteiger partial charge in [-0.2, -0.15) is 0 Å². The lowest BCUT2D eigenvalue weighted by Gasteiger charge is -2.16. The maximum absolute atomic E-state index is 12.7. The normalized spacial score (nSPS) is 12.5. The van der Waals surface area contributed by atoms with Crippen LogP contribution in [0, 0.1) is 0 Å².